The van der Waals surface area contributed by atoms with E-state index in [0.717, 1.165) is 51.4 Å². The molecule has 1 aliphatic carbocycles. The van der Waals surface area contributed by atoms with Crippen molar-refractivity contribution in [2.75, 3.05) is 44.2 Å². The van der Waals surface area contributed by atoms with Gasteiger partial charge in [0, 0.05) is 50.5 Å². The van der Waals surface area contributed by atoms with Crippen molar-refractivity contribution >= 4 is 11.5 Å². The molecule has 31 heavy (non-hydrogen) atoms. The summed E-state index contributed by atoms with van der Waals surface area (Å²) in [4.78, 5) is 18.5. The molecule has 9 heteroatoms. The number of piperazine rings is 1. The van der Waals surface area contributed by atoms with Crippen molar-refractivity contribution in [3.8, 4) is 0 Å². The van der Waals surface area contributed by atoms with Crippen LogP contribution in [0.5, 0.6) is 0 Å². The first-order chi connectivity index (χ1) is 15.0. The number of fused-ring (bicyclic) bond motifs is 1. The summed E-state index contributed by atoms with van der Waals surface area (Å²) in [5, 5.41) is 1.96. The Labute approximate surface area is 181 Å². The molecule has 0 bridgehead atoms. The molecule has 6 nitrogen and oxygen atoms in total. The standard InChI is InChI=1S/C22H30F3N5O/c23-22(24,25)18-6-5-9-27-21(18)29-15-13-28(14-16-29)11-3-4-17-31-30-12-10-26-19-7-1-2-8-20(19)30/h5-6,9-10,12,20H,1-4,7-8,11,13-17H2. The summed E-state index contributed by atoms with van der Waals surface area (Å²) in [5.41, 5.74) is 0.576. The number of nitrogens with zero attached hydrogens (tertiary/aromatic N) is 5. The van der Waals surface area contributed by atoms with E-state index in [4.69, 9.17) is 4.84 Å². The average molecular weight is 438 g/mol. The summed E-state index contributed by atoms with van der Waals surface area (Å²) in [5.74, 6) is 0.0447. The lowest BCUT2D eigenvalue weighted by atomic mass is 9.92. The van der Waals surface area contributed by atoms with E-state index in [0.29, 0.717) is 25.7 Å². The molecular weight excluding hydrogens is 407 g/mol. The van der Waals surface area contributed by atoms with Crippen molar-refractivity contribution in [2.45, 2.75) is 50.7 Å². The third kappa shape index (κ3) is 5.57. The molecule has 0 aromatic carbocycles. The molecule has 1 unspecified atom stereocenters. The summed E-state index contributed by atoms with van der Waals surface area (Å²) in [6, 6.07) is 2.74. The van der Waals surface area contributed by atoms with Gasteiger partial charge in [-0.1, -0.05) is 6.42 Å². The van der Waals surface area contributed by atoms with Crippen LogP contribution >= 0.6 is 0 Å². The fourth-order valence-electron chi connectivity index (χ4n) is 4.49. The van der Waals surface area contributed by atoms with E-state index in [1.54, 1.807) is 4.90 Å². The molecule has 0 N–H and O–H groups in total. The molecule has 0 spiro atoms. The Morgan fingerprint density at radius 1 is 1.10 bits per heavy atom. The molecule has 1 aromatic heterocycles. The van der Waals surface area contributed by atoms with Gasteiger partial charge in [0.1, 0.15) is 5.82 Å². The Morgan fingerprint density at radius 3 is 2.74 bits per heavy atom. The summed E-state index contributed by atoms with van der Waals surface area (Å²) in [7, 11) is 0. The SMILES string of the molecule is FC(F)(F)c1cccnc1N1CCN(CCCCON2C=CN=C3CCCCC32)CC1. The van der Waals surface area contributed by atoms with Crippen LogP contribution in [-0.2, 0) is 11.0 Å². The van der Waals surface area contributed by atoms with Crippen LogP contribution in [-0.4, -0.2) is 66.0 Å². The molecule has 170 valence electrons. The van der Waals surface area contributed by atoms with E-state index in [1.165, 1.54) is 30.8 Å². The Morgan fingerprint density at radius 2 is 1.94 bits per heavy atom. The summed E-state index contributed by atoms with van der Waals surface area (Å²) >= 11 is 0. The molecule has 2 fully saturated rings. The van der Waals surface area contributed by atoms with E-state index >= 15 is 0 Å². The highest BCUT2D eigenvalue weighted by atomic mass is 19.4. The van der Waals surface area contributed by atoms with Gasteiger partial charge in [-0.3, -0.25) is 19.8 Å². The van der Waals surface area contributed by atoms with Crippen molar-refractivity contribution < 1.29 is 18.0 Å². The van der Waals surface area contributed by atoms with Crippen molar-refractivity contribution in [2.24, 2.45) is 4.99 Å². The second-order valence-electron chi connectivity index (χ2n) is 8.28. The van der Waals surface area contributed by atoms with E-state index in [2.05, 4.69) is 14.9 Å². The zero-order chi connectivity index (χ0) is 21.7. The fourth-order valence-corrected chi connectivity index (χ4v) is 4.49. The van der Waals surface area contributed by atoms with Gasteiger partial charge in [-0.25, -0.2) is 4.98 Å². The van der Waals surface area contributed by atoms with Crippen molar-refractivity contribution in [3.05, 3.63) is 36.3 Å². The van der Waals surface area contributed by atoms with Crippen molar-refractivity contribution in [1.29, 1.82) is 0 Å². The van der Waals surface area contributed by atoms with Gasteiger partial charge < -0.3 is 4.90 Å². The normalized spacial score (nSPS) is 22.4. The lowest BCUT2D eigenvalue weighted by molar-refractivity contribution is -0.139. The molecule has 4 rings (SSSR count). The second-order valence-corrected chi connectivity index (χ2v) is 8.28. The number of halogens is 3. The highest BCUT2D eigenvalue weighted by Gasteiger charge is 2.36. The lowest BCUT2D eigenvalue weighted by Crippen LogP contribution is -2.47. The first-order valence-electron chi connectivity index (χ1n) is 11.2. The van der Waals surface area contributed by atoms with Crippen LogP contribution < -0.4 is 4.90 Å². The molecule has 1 aromatic rings. The Kier molecular flexibility index (Phi) is 7.12. The van der Waals surface area contributed by atoms with Crippen molar-refractivity contribution in [1.82, 2.24) is 14.9 Å². The quantitative estimate of drug-likeness (QED) is 0.601. The van der Waals surface area contributed by atoms with E-state index < -0.39 is 11.7 Å². The van der Waals surface area contributed by atoms with Crippen LogP contribution in [0, 0.1) is 0 Å². The minimum atomic E-state index is -4.38. The molecule has 3 heterocycles. The first-order valence-corrected chi connectivity index (χ1v) is 11.2. The van der Waals surface area contributed by atoms with Gasteiger partial charge >= 0.3 is 6.18 Å². The number of hydrogen-bond donors (Lipinski definition) is 0. The number of rotatable bonds is 7. The highest BCUT2D eigenvalue weighted by molar-refractivity contribution is 5.91. The molecule has 2 aliphatic heterocycles. The van der Waals surface area contributed by atoms with Crippen LogP contribution in [0.25, 0.3) is 0 Å². The average Bonchev–Trinajstić information content (AvgIpc) is 2.79. The minimum absolute atomic E-state index is 0.0447. The predicted octanol–water partition coefficient (Wildman–Crippen LogP) is 4.10. The number of anilines is 1. The van der Waals surface area contributed by atoms with Gasteiger partial charge in [-0.05, 0) is 50.8 Å². The van der Waals surface area contributed by atoms with Crippen molar-refractivity contribution in [3.63, 3.8) is 0 Å². The molecular formula is C22H30F3N5O. The third-order valence-corrected chi connectivity index (χ3v) is 6.18. The van der Waals surface area contributed by atoms with E-state index in [9.17, 15) is 13.2 Å². The van der Waals surface area contributed by atoms with Crippen LogP contribution in [0.2, 0.25) is 0 Å². The molecule has 1 atom stereocenters. The Balaban J connectivity index is 1.16. The predicted molar refractivity (Wildman–Crippen MR) is 114 cm³/mol. The Bertz CT molecular complexity index is 790. The fraction of sp³-hybridized carbons (Fsp3) is 0.636. The molecule has 0 amide bonds. The second kappa shape index (κ2) is 9.99. The van der Waals surface area contributed by atoms with Gasteiger partial charge in [-0.2, -0.15) is 13.2 Å². The Hall–Kier alpha value is -2.13. The summed E-state index contributed by atoms with van der Waals surface area (Å²) in [6.45, 7) is 4.18. The topological polar surface area (TPSA) is 44.2 Å². The monoisotopic (exact) mass is 437 g/mol. The third-order valence-electron chi connectivity index (χ3n) is 6.18. The van der Waals surface area contributed by atoms with Gasteiger partial charge in [0.2, 0.25) is 0 Å². The van der Waals surface area contributed by atoms with Crippen LogP contribution in [0.1, 0.15) is 44.1 Å². The van der Waals surface area contributed by atoms with Crippen LogP contribution in [0.4, 0.5) is 19.0 Å². The largest absolute Gasteiger partial charge is 0.419 e. The number of hydroxylamine groups is 2. The van der Waals surface area contributed by atoms with Gasteiger partial charge in [-0.15, -0.1) is 0 Å². The minimum Gasteiger partial charge on any atom is -0.354 e. The maximum Gasteiger partial charge on any atom is 0.419 e. The van der Waals surface area contributed by atoms with E-state index in [-0.39, 0.29) is 5.82 Å². The summed E-state index contributed by atoms with van der Waals surface area (Å²) < 4.78 is 39.7. The molecule has 1 saturated heterocycles. The molecule has 3 aliphatic rings. The number of pyridine rings is 1. The zero-order valence-corrected chi connectivity index (χ0v) is 17.7. The smallest absolute Gasteiger partial charge is 0.354 e. The number of aliphatic imine (C=N–C) groups is 1. The molecule has 1 saturated carbocycles. The van der Waals surface area contributed by atoms with Gasteiger partial charge in [0.25, 0.3) is 0 Å². The summed E-state index contributed by atoms with van der Waals surface area (Å²) in [6.07, 6.45) is 7.32. The maximum atomic E-state index is 13.2. The number of hydrogen-bond acceptors (Lipinski definition) is 6. The van der Waals surface area contributed by atoms with Gasteiger partial charge in [0.05, 0.1) is 18.2 Å². The number of alkyl halides is 3. The molecule has 0 radical (unpaired) electrons. The first kappa shape index (κ1) is 22.1. The van der Waals surface area contributed by atoms with E-state index in [1.807, 2.05) is 17.5 Å². The number of aromatic nitrogens is 1. The lowest BCUT2D eigenvalue weighted by Gasteiger charge is -2.36. The zero-order valence-electron chi connectivity index (χ0n) is 17.7. The number of unbranched alkanes of at least 4 members (excludes halogenated alkanes) is 1. The highest BCUT2D eigenvalue weighted by Crippen LogP contribution is 2.35. The van der Waals surface area contributed by atoms with Gasteiger partial charge in [0.15, 0.2) is 0 Å². The van der Waals surface area contributed by atoms with Crippen LogP contribution in [0.15, 0.2) is 35.7 Å². The maximum absolute atomic E-state index is 13.2. The van der Waals surface area contributed by atoms with Crippen LogP contribution in [0.3, 0.4) is 0 Å².